The van der Waals surface area contributed by atoms with Crippen LogP contribution in [-0.4, -0.2) is 350 Å². The quantitative estimate of drug-likeness (QED) is 0.0837. The minimum absolute atomic E-state index is 0.0644. The Bertz CT molecular complexity index is 3990. The Morgan fingerprint density at radius 3 is 0.522 bits per heavy atom. The molecule has 25 atom stereocenters. The van der Waals surface area contributed by atoms with E-state index < -0.39 is 343 Å². The SMILES string of the molecule is CC(=O)OCC1OC2(COCCCCCCCCOC3(COC4(COC5(COC6(CO2)OC(COC(C)=O)C(OC(C)=O)C(OC(C)=O)C6OC(C)=O)OC(COC(C)=O)C(OC(C)=O)C(OC(C)=O)C5OC(C)=O)OC(COC(C)=O)C(OC(C)=O)C(OC(C)=O)C4OC(C)=O)OC(COC(C)=O)C(OC(C)=O)C(OC(C)=O)C3OC(C)=O)C(OC(C)=O)C(OC(C)=O)C1OC(C)=O. The van der Waals surface area contributed by atoms with Crippen LogP contribution in [-0.2, 0) is 243 Å². The van der Waals surface area contributed by atoms with E-state index in [0.29, 0.717) is 13.3 Å². The van der Waals surface area contributed by atoms with Crippen LogP contribution in [0.25, 0.3) is 0 Å². The van der Waals surface area contributed by atoms with Gasteiger partial charge in [-0.05, 0) is 12.8 Å². The van der Waals surface area contributed by atoms with Crippen LogP contribution in [0.5, 0.6) is 0 Å². The van der Waals surface area contributed by atoms with Gasteiger partial charge in [0, 0.05) is 145 Å². The van der Waals surface area contributed by atoms with Crippen molar-refractivity contribution in [3.05, 3.63) is 0 Å². The van der Waals surface area contributed by atoms with Crippen LogP contribution in [0.2, 0.25) is 0 Å². The average molecular weight is 1930 g/mol. The molecule has 0 aromatic rings. The van der Waals surface area contributed by atoms with E-state index >= 15 is 0 Å². The fourth-order valence-corrected chi connectivity index (χ4v) is 15.5. The molecular formula is C83H116O51. The Balaban J connectivity index is 2.01. The third-order valence-electron chi connectivity index (χ3n) is 20.0. The first-order chi connectivity index (χ1) is 62.7. The molecule has 6 aliphatic heterocycles. The minimum atomic E-state index is -3.75. The third-order valence-corrected chi connectivity index (χ3v) is 20.0. The van der Waals surface area contributed by atoms with Crippen molar-refractivity contribution in [3.8, 4) is 0 Å². The van der Waals surface area contributed by atoms with Crippen LogP contribution in [0.15, 0.2) is 0 Å². The maximum absolute atomic E-state index is 14.6. The topological polar surface area (TPSA) is 628 Å². The Kier molecular flexibility index (Phi) is 42.1. The predicted octanol–water partition coefficient (Wildman–Crippen LogP) is -0.293. The van der Waals surface area contributed by atoms with Gasteiger partial charge in [-0.3, -0.25) is 95.9 Å². The van der Waals surface area contributed by atoms with Gasteiger partial charge in [0.15, 0.2) is 91.6 Å². The summed E-state index contributed by atoms with van der Waals surface area (Å²) in [6.45, 7) is 1.67. The van der Waals surface area contributed by atoms with Crippen molar-refractivity contribution in [2.75, 3.05) is 79.3 Å². The first-order valence-corrected chi connectivity index (χ1v) is 42.1. The van der Waals surface area contributed by atoms with Crippen LogP contribution in [0.4, 0.5) is 0 Å². The molecule has 0 aliphatic carbocycles. The lowest BCUT2D eigenvalue weighted by Crippen LogP contribution is -2.76. The second-order valence-electron chi connectivity index (χ2n) is 31.4. The van der Waals surface area contributed by atoms with Gasteiger partial charge >= 0.3 is 119 Å². The molecule has 0 amide bonds. The molecule has 0 bridgehead atoms. The summed E-state index contributed by atoms with van der Waals surface area (Å²) in [5, 5.41) is 0. The fourth-order valence-electron chi connectivity index (χ4n) is 15.5. The summed E-state index contributed by atoms with van der Waals surface area (Å²) < 4.78 is 193. The molecule has 6 saturated heterocycles. The minimum Gasteiger partial charge on any atom is -0.463 e. The zero-order valence-electron chi connectivity index (χ0n) is 77.6. The van der Waals surface area contributed by atoms with E-state index in [-0.39, 0.29) is 38.7 Å². The Morgan fingerprint density at radius 1 is 0.187 bits per heavy atom. The van der Waals surface area contributed by atoms with Crippen LogP contribution in [0.1, 0.15) is 177 Å². The van der Waals surface area contributed by atoms with E-state index in [9.17, 15) is 95.9 Å². The normalized spacial score (nSPS) is 32.7. The molecule has 0 aromatic heterocycles. The number of rotatable bonds is 25. The van der Waals surface area contributed by atoms with E-state index in [2.05, 4.69) is 0 Å². The molecule has 134 heavy (non-hydrogen) atoms. The molecule has 6 aliphatic rings. The van der Waals surface area contributed by atoms with Crippen LogP contribution >= 0.6 is 0 Å². The number of carbonyl (C=O) groups is 20. The smallest absolute Gasteiger partial charge is 0.303 e. The molecule has 51 heteroatoms. The van der Waals surface area contributed by atoms with Crippen molar-refractivity contribution in [2.24, 2.45) is 0 Å². The summed E-state index contributed by atoms with van der Waals surface area (Å²) in [6, 6.07) is 0. The fraction of sp³-hybridized carbons (Fsp3) is 0.759. The number of ether oxygens (including phenoxy) is 31. The molecule has 6 rings (SSSR count). The Morgan fingerprint density at radius 2 is 0.343 bits per heavy atom. The molecular weight excluding hydrogens is 1810 g/mol. The number of carbonyl (C=O) groups excluding carboxylic acids is 20. The van der Waals surface area contributed by atoms with Crippen LogP contribution in [0.3, 0.4) is 0 Å². The summed E-state index contributed by atoms with van der Waals surface area (Å²) in [5.74, 6) is -42.2. The van der Waals surface area contributed by atoms with Gasteiger partial charge in [0.1, 0.15) is 96.6 Å². The molecule has 6 fully saturated rings. The summed E-state index contributed by atoms with van der Waals surface area (Å²) >= 11 is 0. The van der Waals surface area contributed by atoms with E-state index in [1.807, 2.05) is 0 Å². The summed E-state index contributed by atoms with van der Waals surface area (Å²) in [6.07, 6.45) is -45.7. The van der Waals surface area contributed by atoms with E-state index in [0.717, 1.165) is 132 Å². The lowest BCUT2D eigenvalue weighted by molar-refractivity contribution is -0.453. The molecule has 0 aromatic carbocycles. The monoisotopic (exact) mass is 1930 g/mol. The highest BCUT2D eigenvalue weighted by Gasteiger charge is 2.72. The van der Waals surface area contributed by atoms with Crippen molar-refractivity contribution >= 4 is 119 Å². The lowest BCUT2D eigenvalue weighted by Gasteiger charge is -2.56. The number of esters is 20. The van der Waals surface area contributed by atoms with Gasteiger partial charge in [0.05, 0.1) is 6.61 Å². The molecule has 5 spiro atoms. The standard InChI is InChI=1S/C83H116O51/c1-39(84)105-29-59-64(115-44(6)89)69(120-49(11)94)74(125-54(16)99)79(130-59)34-104-27-25-23-21-22-24-26-28-110-80(75(126-55(17)100)70(121-50(12)95)65(116-45(7)90)60(131-80)30-106-40(2)85)35-112-82(77(128-57(19)102)72(123-52(14)97)67(118-47(9)92)62(133-82)32-108-42(4)87)37-114-83(78(129-58(20)103)73(124-53(15)98)68(119-48(10)93)63(134-83)33-109-43(5)88)38-113-81(36-111-79)76(127-56(18)101)71(122-51(13)96)66(117-46(8)91)61(132-81)31-107-41(3)86/h59-78H,21-38H2,1-20H3. The van der Waals surface area contributed by atoms with Crippen LogP contribution < -0.4 is 0 Å². The number of hydrogen-bond acceptors (Lipinski definition) is 51. The lowest BCUT2D eigenvalue weighted by atomic mass is 9.89. The zero-order valence-corrected chi connectivity index (χ0v) is 77.6. The number of hydrogen-bond donors (Lipinski definition) is 0. The average Bonchev–Trinajstić information content (AvgIpc) is 0.731. The molecule has 0 N–H and O–H groups in total. The van der Waals surface area contributed by atoms with Gasteiger partial charge in [-0.15, -0.1) is 0 Å². The van der Waals surface area contributed by atoms with E-state index in [4.69, 9.17) is 147 Å². The summed E-state index contributed by atoms with van der Waals surface area (Å²) in [7, 11) is 0. The predicted molar refractivity (Wildman–Crippen MR) is 423 cm³/mol. The second-order valence-corrected chi connectivity index (χ2v) is 31.4. The highest BCUT2D eigenvalue weighted by Crippen LogP contribution is 2.49. The van der Waals surface area contributed by atoms with E-state index in [1.54, 1.807) is 0 Å². The van der Waals surface area contributed by atoms with Gasteiger partial charge in [0.25, 0.3) is 0 Å². The van der Waals surface area contributed by atoms with Gasteiger partial charge < -0.3 is 147 Å². The Hall–Kier alpha value is -11.0. The first-order valence-electron chi connectivity index (χ1n) is 42.1. The van der Waals surface area contributed by atoms with Crippen LogP contribution in [0, 0.1) is 0 Å². The van der Waals surface area contributed by atoms with Crippen molar-refractivity contribution in [3.63, 3.8) is 0 Å². The second kappa shape index (κ2) is 50.5. The maximum Gasteiger partial charge on any atom is 0.303 e. The summed E-state index contributed by atoms with van der Waals surface area (Å²) in [5.41, 5.74) is 0. The molecule has 51 nitrogen and oxygen atoms in total. The van der Waals surface area contributed by atoms with Gasteiger partial charge in [0.2, 0.25) is 28.9 Å². The first kappa shape index (κ1) is 112. The van der Waals surface area contributed by atoms with Gasteiger partial charge in [-0.25, -0.2) is 0 Å². The highest BCUT2D eigenvalue weighted by molar-refractivity contribution is 5.74. The third kappa shape index (κ3) is 32.1. The van der Waals surface area contributed by atoms with Crippen molar-refractivity contribution in [1.82, 2.24) is 0 Å². The Labute approximate surface area is 766 Å². The van der Waals surface area contributed by atoms with Crippen molar-refractivity contribution in [2.45, 2.75) is 328 Å². The van der Waals surface area contributed by atoms with E-state index in [1.165, 1.54) is 0 Å². The summed E-state index contributed by atoms with van der Waals surface area (Å²) in [4.78, 5) is 275. The van der Waals surface area contributed by atoms with Crippen molar-refractivity contribution in [1.29, 1.82) is 0 Å². The van der Waals surface area contributed by atoms with Crippen molar-refractivity contribution < 1.29 is 243 Å². The molecule has 0 saturated carbocycles. The molecule has 6 heterocycles. The largest absolute Gasteiger partial charge is 0.463 e. The molecule has 25 unspecified atom stereocenters. The highest BCUT2D eigenvalue weighted by atomic mass is 16.9. The zero-order chi connectivity index (χ0) is 100. The molecule has 0 radical (unpaired) electrons. The van der Waals surface area contributed by atoms with Gasteiger partial charge in [-0.1, -0.05) is 25.7 Å². The molecule has 754 valence electrons. The maximum atomic E-state index is 14.6. The van der Waals surface area contributed by atoms with Gasteiger partial charge in [-0.2, -0.15) is 0 Å².